The second kappa shape index (κ2) is 38.2. The first kappa shape index (κ1) is 49.5. The Labute approximate surface area is 317 Å². The molecule has 0 aromatic heterocycles. The van der Waals surface area contributed by atoms with E-state index in [0.29, 0.717) is 12.8 Å². The molecule has 1 atom stereocenters. The lowest BCUT2D eigenvalue weighted by molar-refractivity contribution is -0.161. The number of phosphoric ester groups is 1. The maximum atomic E-state index is 12.4. The number of esters is 2. The first-order valence-electron chi connectivity index (χ1n) is 20.2. The van der Waals surface area contributed by atoms with Gasteiger partial charge in [-0.2, -0.15) is 0 Å². The summed E-state index contributed by atoms with van der Waals surface area (Å²) in [5.74, 6) is -0.941. The first-order valence-corrected chi connectivity index (χ1v) is 21.8. The molecule has 9 heteroatoms. The zero-order chi connectivity index (χ0) is 38.2. The van der Waals surface area contributed by atoms with Gasteiger partial charge in [-0.05, 0) is 89.9 Å². The molecule has 0 rings (SSSR count). The molecule has 0 aliphatic heterocycles. The number of hydrogen-bond acceptors (Lipinski definition) is 6. The number of ether oxygens (including phenoxy) is 2. The fraction of sp³-hybridized carbons (Fsp3) is 0.674. The van der Waals surface area contributed by atoms with Gasteiger partial charge in [0.05, 0.1) is 6.61 Å². The zero-order valence-corrected chi connectivity index (χ0v) is 33.6. The summed E-state index contributed by atoms with van der Waals surface area (Å²) in [6.45, 7) is 3.58. The van der Waals surface area contributed by atoms with E-state index >= 15 is 0 Å². The summed E-state index contributed by atoms with van der Waals surface area (Å²) in [6.07, 6.45) is 49.0. The molecule has 0 spiro atoms. The highest BCUT2D eigenvalue weighted by Crippen LogP contribution is 2.36. The Balaban J connectivity index is 4.05. The van der Waals surface area contributed by atoms with Crippen LogP contribution in [0.2, 0.25) is 0 Å². The number of allylic oxidation sites excluding steroid dienone is 12. The number of rotatable bonds is 36. The third-order valence-electron chi connectivity index (χ3n) is 8.20. The molecule has 52 heavy (non-hydrogen) atoms. The standard InChI is InChI=1S/C43H73O8P/c1-3-5-7-9-11-13-15-17-19-21-23-25-27-29-31-33-35-37-42(44)49-39-41(40-50-52(46,47)48)51-43(45)38-36-34-32-30-28-26-24-22-20-18-16-14-12-10-8-6-4-2/h11-14,17-20,23-26,41H,3-10,15-16,21-22,27-40H2,1-2H3,(H2,46,47,48)/b13-11+,14-12+,19-17+,20-18+,25-23+,26-24+/t41-/m1/s1. The molecule has 8 nitrogen and oxygen atoms in total. The predicted molar refractivity (Wildman–Crippen MR) is 216 cm³/mol. The number of carbonyl (C=O) groups is 2. The van der Waals surface area contributed by atoms with Crippen LogP contribution in [0.4, 0.5) is 0 Å². The Morgan fingerprint density at radius 3 is 1.27 bits per heavy atom. The Bertz CT molecular complexity index is 1070. The van der Waals surface area contributed by atoms with Gasteiger partial charge in [-0.1, -0.05) is 138 Å². The normalized spacial score (nSPS) is 13.2. The predicted octanol–water partition coefficient (Wildman–Crippen LogP) is 12.3. The van der Waals surface area contributed by atoms with Crippen molar-refractivity contribution in [1.82, 2.24) is 0 Å². The molecule has 298 valence electrons. The van der Waals surface area contributed by atoms with Gasteiger partial charge in [0.15, 0.2) is 6.10 Å². The molecule has 0 heterocycles. The van der Waals surface area contributed by atoms with Gasteiger partial charge in [-0.15, -0.1) is 0 Å². The van der Waals surface area contributed by atoms with Crippen molar-refractivity contribution in [3.8, 4) is 0 Å². The molecular formula is C43H73O8P. The minimum absolute atomic E-state index is 0.177. The largest absolute Gasteiger partial charge is 0.469 e. The molecule has 0 aliphatic carbocycles. The smallest absolute Gasteiger partial charge is 0.462 e. The van der Waals surface area contributed by atoms with Gasteiger partial charge in [-0.25, -0.2) is 4.57 Å². The zero-order valence-electron chi connectivity index (χ0n) is 32.7. The molecule has 0 aromatic carbocycles. The van der Waals surface area contributed by atoms with Crippen LogP contribution in [0, 0.1) is 0 Å². The van der Waals surface area contributed by atoms with Gasteiger partial charge < -0.3 is 19.3 Å². The minimum Gasteiger partial charge on any atom is -0.462 e. The lowest BCUT2D eigenvalue weighted by atomic mass is 10.1. The summed E-state index contributed by atoms with van der Waals surface area (Å²) in [6, 6.07) is 0. The van der Waals surface area contributed by atoms with E-state index in [9.17, 15) is 14.2 Å². The van der Waals surface area contributed by atoms with Crippen LogP contribution in [0.25, 0.3) is 0 Å². The lowest BCUT2D eigenvalue weighted by Gasteiger charge is -2.18. The van der Waals surface area contributed by atoms with E-state index in [0.717, 1.165) is 77.0 Å². The molecule has 0 bridgehead atoms. The van der Waals surface area contributed by atoms with E-state index < -0.39 is 32.5 Å². The van der Waals surface area contributed by atoms with Gasteiger partial charge in [0.25, 0.3) is 0 Å². The molecule has 0 radical (unpaired) electrons. The number of unbranched alkanes of at least 4 members (excludes halogenated alkanes) is 14. The van der Waals surface area contributed by atoms with E-state index in [-0.39, 0.29) is 19.4 Å². The Morgan fingerprint density at radius 2 is 0.865 bits per heavy atom. The quantitative estimate of drug-likeness (QED) is 0.0281. The van der Waals surface area contributed by atoms with Crippen molar-refractivity contribution < 1.29 is 37.9 Å². The summed E-state index contributed by atoms with van der Waals surface area (Å²) in [4.78, 5) is 42.8. The highest BCUT2D eigenvalue weighted by molar-refractivity contribution is 7.46. The molecular weight excluding hydrogens is 675 g/mol. The maximum absolute atomic E-state index is 12.4. The monoisotopic (exact) mass is 749 g/mol. The SMILES string of the molecule is CCCCC/C=C/C/C=C/C/C=C/CCCCCCC(=O)OC[C@H](COP(=O)(O)O)OC(=O)CCCCCC/C=C/C/C=C/C/C=C/CCCCC. The number of carbonyl (C=O) groups excluding carboxylic acids is 2. The average molecular weight is 749 g/mol. The van der Waals surface area contributed by atoms with Crippen molar-refractivity contribution in [3.05, 3.63) is 72.9 Å². The Morgan fingerprint density at radius 1 is 0.500 bits per heavy atom. The van der Waals surface area contributed by atoms with Crippen molar-refractivity contribution in [3.63, 3.8) is 0 Å². The molecule has 0 aliphatic rings. The van der Waals surface area contributed by atoms with E-state index in [4.69, 9.17) is 19.3 Å². The van der Waals surface area contributed by atoms with Crippen molar-refractivity contribution in [1.29, 1.82) is 0 Å². The van der Waals surface area contributed by atoms with Crippen LogP contribution in [0.5, 0.6) is 0 Å². The molecule has 0 saturated carbocycles. The maximum Gasteiger partial charge on any atom is 0.469 e. The highest BCUT2D eigenvalue weighted by Gasteiger charge is 2.22. The van der Waals surface area contributed by atoms with Crippen molar-refractivity contribution in [2.24, 2.45) is 0 Å². The van der Waals surface area contributed by atoms with Crippen molar-refractivity contribution >= 4 is 19.8 Å². The van der Waals surface area contributed by atoms with Crippen molar-refractivity contribution in [2.75, 3.05) is 13.2 Å². The fourth-order valence-corrected chi connectivity index (χ4v) is 5.51. The molecule has 0 saturated heterocycles. The fourth-order valence-electron chi connectivity index (χ4n) is 5.15. The summed E-state index contributed by atoms with van der Waals surface area (Å²) in [7, 11) is -4.77. The van der Waals surface area contributed by atoms with Gasteiger partial charge >= 0.3 is 19.8 Å². The van der Waals surface area contributed by atoms with Gasteiger partial charge in [0, 0.05) is 12.8 Å². The van der Waals surface area contributed by atoms with E-state index in [1.54, 1.807) is 0 Å². The topological polar surface area (TPSA) is 119 Å². The summed E-state index contributed by atoms with van der Waals surface area (Å²) in [5.41, 5.74) is 0. The Hall–Kier alpha value is -2.51. The number of phosphoric acid groups is 1. The molecule has 0 amide bonds. The minimum atomic E-state index is -4.77. The highest BCUT2D eigenvalue weighted by atomic mass is 31.2. The van der Waals surface area contributed by atoms with Crippen LogP contribution >= 0.6 is 7.82 Å². The van der Waals surface area contributed by atoms with E-state index in [1.165, 1.54) is 51.4 Å². The summed E-state index contributed by atoms with van der Waals surface area (Å²) >= 11 is 0. The van der Waals surface area contributed by atoms with Crippen LogP contribution in [-0.4, -0.2) is 41.0 Å². The molecule has 0 fully saturated rings. The molecule has 0 aromatic rings. The second-order valence-electron chi connectivity index (χ2n) is 13.2. The summed E-state index contributed by atoms with van der Waals surface area (Å²) < 4.78 is 26.3. The van der Waals surface area contributed by atoms with E-state index in [1.807, 2.05) is 0 Å². The third kappa shape index (κ3) is 40.3. The number of hydrogen-bond donors (Lipinski definition) is 2. The Kier molecular flexibility index (Phi) is 36.4. The van der Waals surface area contributed by atoms with Gasteiger partial charge in [0.2, 0.25) is 0 Å². The van der Waals surface area contributed by atoms with Crippen molar-refractivity contribution in [2.45, 2.75) is 174 Å². The van der Waals surface area contributed by atoms with Gasteiger partial charge in [0.1, 0.15) is 6.61 Å². The second-order valence-corrected chi connectivity index (χ2v) is 14.5. The lowest BCUT2D eigenvalue weighted by Crippen LogP contribution is -2.29. The van der Waals surface area contributed by atoms with Crippen LogP contribution in [0.15, 0.2) is 72.9 Å². The average Bonchev–Trinajstić information content (AvgIpc) is 3.11. The molecule has 2 N–H and O–H groups in total. The third-order valence-corrected chi connectivity index (χ3v) is 8.68. The summed E-state index contributed by atoms with van der Waals surface area (Å²) in [5, 5.41) is 0. The van der Waals surface area contributed by atoms with Crippen LogP contribution in [0.3, 0.4) is 0 Å². The van der Waals surface area contributed by atoms with E-state index in [2.05, 4.69) is 91.3 Å². The molecule has 0 unspecified atom stereocenters. The first-order chi connectivity index (χ1) is 25.3. The van der Waals surface area contributed by atoms with Crippen LogP contribution in [0.1, 0.15) is 168 Å². The van der Waals surface area contributed by atoms with Crippen LogP contribution < -0.4 is 0 Å². The van der Waals surface area contributed by atoms with Gasteiger partial charge in [-0.3, -0.25) is 14.1 Å². The van der Waals surface area contributed by atoms with Crippen LogP contribution in [-0.2, 0) is 28.2 Å².